The summed E-state index contributed by atoms with van der Waals surface area (Å²) in [5, 5.41) is 25.7. The van der Waals surface area contributed by atoms with E-state index in [1.807, 2.05) is 18.2 Å². The maximum atomic E-state index is 6.38. The fourth-order valence-electron chi connectivity index (χ4n) is 10.7. The molecule has 0 N–H and O–H groups in total. The number of hydrogen-bond acceptors (Lipinski definition) is 4. The highest BCUT2D eigenvalue weighted by Gasteiger charge is 2.19. The van der Waals surface area contributed by atoms with E-state index >= 15 is 0 Å². The monoisotopic (exact) mass is 865 g/mol. The first-order valence-corrected chi connectivity index (χ1v) is 23.1. The largest absolute Gasteiger partial charge is 0.454 e. The van der Waals surface area contributed by atoms with Crippen molar-refractivity contribution in [2.75, 3.05) is 4.90 Å². The summed E-state index contributed by atoms with van der Waals surface area (Å²) in [4.78, 5) is 2.36. The van der Waals surface area contributed by atoms with Crippen molar-refractivity contribution < 1.29 is 4.42 Å². The Bertz CT molecular complexity index is 4030. The summed E-state index contributed by atoms with van der Waals surface area (Å²) in [6.45, 7) is 0. The first-order valence-electron chi connectivity index (χ1n) is 23.1. The molecular weight excluding hydrogens is 827 g/mol. The van der Waals surface area contributed by atoms with Gasteiger partial charge >= 0.3 is 0 Å². The molecule has 4 nitrogen and oxygen atoms in total. The molecule has 0 saturated carbocycles. The number of hydrogen-bond donors (Lipinski definition) is 0. The van der Waals surface area contributed by atoms with Gasteiger partial charge < -0.3 is 9.32 Å². The molecule has 2 heterocycles. The number of para-hydroxylation sites is 1. The van der Waals surface area contributed by atoms with E-state index in [1.54, 1.807) is 6.20 Å². The molecule has 12 aromatic carbocycles. The molecule has 0 atom stereocenters. The molecule has 68 heavy (non-hydrogen) atoms. The van der Waals surface area contributed by atoms with Gasteiger partial charge in [0.05, 0.1) is 11.6 Å². The van der Waals surface area contributed by atoms with Crippen LogP contribution in [0.2, 0.25) is 0 Å². The van der Waals surface area contributed by atoms with Crippen LogP contribution in [0.1, 0.15) is 0 Å². The number of benzene rings is 12. The Labute approximate surface area is 391 Å². The lowest BCUT2D eigenvalue weighted by molar-refractivity contribution is 0.666. The summed E-state index contributed by atoms with van der Waals surface area (Å²) in [5.74, 6) is 0. The minimum atomic E-state index is 0.720. The number of nitrogens with zero attached hydrogens (tertiary/aromatic N) is 3. The minimum Gasteiger partial charge on any atom is -0.454 e. The van der Waals surface area contributed by atoms with Gasteiger partial charge in [0.2, 0.25) is 0 Å². The molecule has 14 aromatic rings. The lowest BCUT2D eigenvalue weighted by Crippen LogP contribution is -2.10. The lowest BCUT2D eigenvalue weighted by Gasteiger charge is -2.26. The Morgan fingerprint density at radius 2 is 0.721 bits per heavy atom. The molecular formula is C64H39N3O. The standard InChI is InChI=1S/C64H39N3O/c1-5-15-54-45(11-1)35-46-12-2-6-16-55(46)61(54)49-23-21-43-37-52(31-27-41(43)33-49)67(51-29-25-40(26-30-51)63-64-59(39-65-66-63)58-19-9-10-20-60(58)68-64)53-32-28-42-34-50(24-22-44(42)38-53)62-56-17-7-3-13-47(56)36-48-14-4-8-18-57(48)62/h1-39H. The Kier molecular flexibility index (Phi) is 8.55. The van der Waals surface area contributed by atoms with Gasteiger partial charge in [-0.1, -0.05) is 164 Å². The average Bonchev–Trinajstić information content (AvgIpc) is 3.79. The van der Waals surface area contributed by atoms with Gasteiger partial charge in [0.1, 0.15) is 11.3 Å². The Morgan fingerprint density at radius 3 is 1.24 bits per heavy atom. The van der Waals surface area contributed by atoms with Crippen LogP contribution < -0.4 is 4.90 Å². The maximum Gasteiger partial charge on any atom is 0.165 e. The van der Waals surface area contributed by atoms with Crippen molar-refractivity contribution in [3.63, 3.8) is 0 Å². The topological polar surface area (TPSA) is 42.2 Å². The predicted octanol–water partition coefficient (Wildman–Crippen LogP) is 17.8. The van der Waals surface area contributed by atoms with Gasteiger partial charge in [0.25, 0.3) is 0 Å². The molecule has 0 amide bonds. The van der Waals surface area contributed by atoms with Crippen molar-refractivity contribution in [2.24, 2.45) is 0 Å². The van der Waals surface area contributed by atoms with Gasteiger partial charge in [-0.15, -0.1) is 5.10 Å². The van der Waals surface area contributed by atoms with Crippen LogP contribution in [0.15, 0.2) is 241 Å². The summed E-state index contributed by atoms with van der Waals surface area (Å²) < 4.78 is 6.38. The van der Waals surface area contributed by atoms with Crippen LogP contribution in [0.3, 0.4) is 0 Å². The molecule has 2 aromatic heterocycles. The van der Waals surface area contributed by atoms with Crippen molar-refractivity contribution in [1.82, 2.24) is 10.2 Å². The average molecular weight is 866 g/mol. The van der Waals surface area contributed by atoms with E-state index < -0.39 is 0 Å². The number of aromatic nitrogens is 2. The van der Waals surface area contributed by atoms with E-state index in [-0.39, 0.29) is 0 Å². The summed E-state index contributed by atoms with van der Waals surface area (Å²) in [6, 6.07) is 83.6. The smallest absolute Gasteiger partial charge is 0.165 e. The van der Waals surface area contributed by atoms with Crippen LogP contribution in [0.5, 0.6) is 0 Å². The first-order chi connectivity index (χ1) is 33.7. The van der Waals surface area contributed by atoms with Crippen LogP contribution in [-0.4, -0.2) is 10.2 Å². The predicted molar refractivity (Wildman–Crippen MR) is 285 cm³/mol. The van der Waals surface area contributed by atoms with E-state index in [2.05, 4.69) is 227 Å². The molecule has 0 spiro atoms. The molecule has 0 bridgehead atoms. The second kappa shape index (κ2) is 15.2. The van der Waals surface area contributed by atoms with Crippen molar-refractivity contribution in [2.45, 2.75) is 0 Å². The molecule has 0 aliphatic heterocycles. The highest BCUT2D eigenvalue weighted by molar-refractivity contribution is 6.15. The zero-order valence-corrected chi connectivity index (χ0v) is 36.8. The molecule has 0 unspecified atom stereocenters. The second-order valence-electron chi connectivity index (χ2n) is 17.8. The summed E-state index contributed by atoms with van der Waals surface area (Å²) in [7, 11) is 0. The Morgan fingerprint density at radius 1 is 0.309 bits per heavy atom. The Balaban J connectivity index is 0.902. The molecule has 0 aliphatic carbocycles. The number of anilines is 3. The van der Waals surface area contributed by atoms with Crippen LogP contribution in [0, 0.1) is 0 Å². The van der Waals surface area contributed by atoms with Crippen molar-refractivity contribution in [3.8, 4) is 33.5 Å². The van der Waals surface area contributed by atoms with Crippen LogP contribution in [0.4, 0.5) is 17.1 Å². The Hall–Kier alpha value is -9.12. The van der Waals surface area contributed by atoms with Gasteiger partial charge in [-0.25, -0.2) is 0 Å². The fourth-order valence-corrected chi connectivity index (χ4v) is 10.7. The third kappa shape index (κ3) is 6.15. The van der Waals surface area contributed by atoms with Gasteiger partial charge in [0.15, 0.2) is 5.58 Å². The molecule has 4 heteroatoms. The van der Waals surface area contributed by atoms with Gasteiger partial charge in [0, 0.05) is 28.0 Å². The minimum absolute atomic E-state index is 0.720. The van der Waals surface area contributed by atoms with Crippen LogP contribution in [0.25, 0.3) is 120 Å². The van der Waals surface area contributed by atoms with Gasteiger partial charge in [-0.3, -0.25) is 0 Å². The number of fused-ring (bicyclic) bond motifs is 9. The third-order valence-electron chi connectivity index (χ3n) is 13.9. The zero-order chi connectivity index (χ0) is 44.7. The molecule has 0 fully saturated rings. The van der Waals surface area contributed by atoms with Gasteiger partial charge in [-0.05, 0) is 154 Å². The summed E-state index contributed by atoms with van der Waals surface area (Å²) in [6.07, 6.45) is 1.79. The van der Waals surface area contributed by atoms with E-state index in [1.165, 1.54) is 76.1 Å². The van der Waals surface area contributed by atoms with Crippen LogP contribution >= 0.6 is 0 Å². The SMILES string of the molecule is c1ccc2c(-c3ccc4cc(N(c5ccc(-c6nncc7c6oc6ccccc67)cc5)c5ccc6cc(-c7c8ccccc8cc8ccccc78)ccc6c5)ccc4c3)c3ccccc3cc2c1. The molecule has 0 saturated heterocycles. The van der Waals surface area contributed by atoms with Crippen molar-refractivity contribution in [1.29, 1.82) is 0 Å². The molecule has 0 aliphatic rings. The lowest BCUT2D eigenvalue weighted by atomic mass is 9.91. The van der Waals surface area contributed by atoms with E-state index in [9.17, 15) is 0 Å². The second-order valence-corrected chi connectivity index (χ2v) is 17.8. The van der Waals surface area contributed by atoms with E-state index in [0.29, 0.717) is 0 Å². The van der Waals surface area contributed by atoms with Crippen molar-refractivity contribution >= 4 is 104 Å². The number of rotatable bonds is 6. The number of furan rings is 1. The fraction of sp³-hybridized carbons (Fsp3) is 0. The van der Waals surface area contributed by atoms with E-state index in [0.717, 1.165) is 61.0 Å². The quantitative estimate of drug-likeness (QED) is 0.156. The summed E-state index contributed by atoms with van der Waals surface area (Å²) >= 11 is 0. The molecule has 316 valence electrons. The molecule has 0 radical (unpaired) electrons. The van der Waals surface area contributed by atoms with Crippen LogP contribution in [-0.2, 0) is 0 Å². The highest BCUT2D eigenvalue weighted by Crippen LogP contribution is 2.43. The zero-order valence-electron chi connectivity index (χ0n) is 36.8. The maximum absolute atomic E-state index is 6.38. The summed E-state index contributed by atoms with van der Waals surface area (Å²) in [5.41, 5.74) is 11.3. The molecule has 14 rings (SSSR count). The van der Waals surface area contributed by atoms with Gasteiger partial charge in [-0.2, -0.15) is 5.10 Å². The third-order valence-corrected chi connectivity index (χ3v) is 13.9. The highest BCUT2D eigenvalue weighted by atomic mass is 16.3. The normalized spacial score (nSPS) is 11.8. The first kappa shape index (κ1) is 38.2. The van der Waals surface area contributed by atoms with E-state index in [4.69, 9.17) is 4.42 Å². The van der Waals surface area contributed by atoms with Crippen molar-refractivity contribution in [3.05, 3.63) is 237 Å².